The summed E-state index contributed by atoms with van der Waals surface area (Å²) in [5.74, 6) is -1.50. The second-order valence-electron chi connectivity index (χ2n) is 6.32. The monoisotopic (exact) mass is 344 g/mol. The first kappa shape index (κ1) is 19.1. The third kappa shape index (κ3) is 5.94. The number of carbonyl (C=O) groups excluding carboxylic acids is 2. The van der Waals surface area contributed by atoms with Crippen LogP contribution in [-0.2, 0) is 25.7 Å². The highest BCUT2D eigenvalue weighted by Gasteiger charge is 2.42. The number of unbranched alkanes of at least 4 members (excludes halogenated alkanes) is 1. The van der Waals surface area contributed by atoms with Crippen molar-refractivity contribution in [3.63, 3.8) is 0 Å². The van der Waals surface area contributed by atoms with Crippen LogP contribution in [0.2, 0.25) is 0 Å². The highest BCUT2D eigenvalue weighted by atomic mass is 16.5. The van der Waals surface area contributed by atoms with Crippen molar-refractivity contribution in [1.29, 1.82) is 0 Å². The summed E-state index contributed by atoms with van der Waals surface area (Å²) in [6.07, 6.45) is 6.38. The molecule has 2 rings (SSSR count). The number of allylic oxidation sites excluding steroid dienone is 2. The molecule has 5 nitrogen and oxygen atoms in total. The molecule has 1 aliphatic carbocycles. The van der Waals surface area contributed by atoms with E-state index in [-0.39, 0.29) is 30.6 Å². The lowest BCUT2D eigenvalue weighted by atomic mass is 9.92. The molecule has 1 fully saturated rings. The average molecular weight is 344 g/mol. The number of Topliss-reactive ketones (excluding diaryl/α,β-unsaturated/α-hetero) is 1. The normalized spacial score (nSPS) is 23.2. The van der Waals surface area contributed by atoms with Crippen LogP contribution < -0.4 is 0 Å². The lowest BCUT2D eigenvalue weighted by Crippen LogP contribution is -2.24. The number of carbonyl (C=O) groups is 3. The van der Waals surface area contributed by atoms with Gasteiger partial charge in [-0.25, -0.2) is 0 Å². The first-order chi connectivity index (χ1) is 12.1. The number of ether oxygens (including phenoxy) is 1. The summed E-state index contributed by atoms with van der Waals surface area (Å²) < 4.78 is 5.82. The molecular weight excluding hydrogens is 320 g/mol. The number of hydrogen-bond donors (Lipinski definition) is 1. The van der Waals surface area contributed by atoms with Crippen LogP contribution in [0.4, 0.5) is 0 Å². The largest absolute Gasteiger partial charge is 0.481 e. The molecule has 134 valence electrons. The maximum atomic E-state index is 12.2. The van der Waals surface area contributed by atoms with E-state index in [4.69, 9.17) is 9.84 Å². The Morgan fingerprint density at radius 1 is 1.24 bits per heavy atom. The lowest BCUT2D eigenvalue weighted by Gasteiger charge is -2.18. The van der Waals surface area contributed by atoms with Gasteiger partial charge in [0.05, 0.1) is 18.6 Å². The van der Waals surface area contributed by atoms with E-state index in [9.17, 15) is 14.4 Å². The summed E-state index contributed by atoms with van der Waals surface area (Å²) in [5.41, 5.74) is 1.02. The van der Waals surface area contributed by atoms with Crippen molar-refractivity contribution in [2.75, 3.05) is 0 Å². The molecule has 1 aliphatic rings. The number of hydrogen-bond acceptors (Lipinski definition) is 4. The Morgan fingerprint density at radius 3 is 2.68 bits per heavy atom. The Morgan fingerprint density at radius 2 is 2.00 bits per heavy atom. The van der Waals surface area contributed by atoms with E-state index in [0.717, 1.165) is 11.8 Å². The molecule has 0 bridgehead atoms. The van der Waals surface area contributed by atoms with Gasteiger partial charge in [-0.2, -0.15) is 0 Å². The molecule has 25 heavy (non-hydrogen) atoms. The fourth-order valence-corrected chi connectivity index (χ4v) is 3.11. The first-order valence-electron chi connectivity index (χ1n) is 8.62. The molecule has 0 amide bonds. The molecule has 3 atom stereocenters. The fraction of sp³-hybridized carbons (Fsp3) is 0.450. The second kappa shape index (κ2) is 9.89. The van der Waals surface area contributed by atoms with Crippen LogP contribution in [0.1, 0.15) is 37.7 Å². The van der Waals surface area contributed by atoms with E-state index >= 15 is 0 Å². The van der Waals surface area contributed by atoms with Crippen molar-refractivity contribution in [1.82, 2.24) is 0 Å². The highest BCUT2D eigenvalue weighted by molar-refractivity contribution is 5.88. The van der Waals surface area contributed by atoms with Gasteiger partial charge in [0.1, 0.15) is 12.1 Å². The predicted octanol–water partition coefficient (Wildman–Crippen LogP) is 3.18. The number of benzene rings is 1. The first-order valence-corrected chi connectivity index (χ1v) is 8.62. The van der Waals surface area contributed by atoms with Crippen molar-refractivity contribution in [2.24, 2.45) is 11.8 Å². The third-order valence-corrected chi connectivity index (χ3v) is 4.49. The molecule has 0 heterocycles. The Bertz CT molecular complexity index is 608. The number of carboxylic acids is 1. The van der Waals surface area contributed by atoms with Crippen molar-refractivity contribution in [3.05, 3.63) is 48.0 Å². The van der Waals surface area contributed by atoms with Gasteiger partial charge in [0.2, 0.25) is 0 Å². The van der Waals surface area contributed by atoms with Crippen LogP contribution in [0, 0.1) is 11.8 Å². The summed E-state index contributed by atoms with van der Waals surface area (Å²) in [6.45, 7) is 0.390. The summed E-state index contributed by atoms with van der Waals surface area (Å²) in [5, 5.41) is 8.58. The van der Waals surface area contributed by atoms with Crippen molar-refractivity contribution in [3.8, 4) is 0 Å². The van der Waals surface area contributed by atoms with Crippen LogP contribution in [0.5, 0.6) is 0 Å². The van der Waals surface area contributed by atoms with Crippen molar-refractivity contribution >= 4 is 18.0 Å². The molecule has 0 radical (unpaired) electrons. The number of carboxylic acid groups (broad SMARTS) is 1. The zero-order valence-corrected chi connectivity index (χ0v) is 14.2. The third-order valence-electron chi connectivity index (χ3n) is 4.49. The Balaban J connectivity index is 1.83. The van der Waals surface area contributed by atoms with E-state index in [1.54, 1.807) is 0 Å². The predicted molar refractivity (Wildman–Crippen MR) is 92.9 cm³/mol. The molecule has 0 saturated heterocycles. The number of aliphatic carboxylic acids is 1. The topological polar surface area (TPSA) is 80.7 Å². The fourth-order valence-electron chi connectivity index (χ4n) is 3.11. The van der Waals surface area contributed by atoms with E-state index < -0.39 is 11.9 Å². The van der Waals surface area contributed by atoms with E-state index in [1.807, 2.05) is 42.5 Å². The minimum Gasteiger partial charge on any atom is -0.481 e. The number of ketones is 1. The zero-order chi connectivity index (χ0) is 18.1. The Labute approximate surface area is 147 Å². The van der Waals surface area contributed by atoms with Crippen molar-refractivity contribution in [2.45, 2.75) is 44.8 Å². The molecule has 0 aromatic heterocycles. The van der Waals surface area contributed by atoms with Gasteiger partial charge in [0.15, 0.2) is 0 Å². The van der Waals surface area contributed by atoms with Gasteiger partial charge in [-0.15, -0.1) is 0 Å². The zero-order valence-electron chi connectivity index (χ0n) is 14.2. The van der Waals surface area contributed by atoms with Gasteiger partial charge in [-0.05, 0) is 24.8 Å². The van der Waals surface area contributed by atoms with Crippen molar-refractivity contribution < 1.29 is 24.2 Å². The minimum atomic E-state index is -0.807. The van der Waals surface area contributed by atoms with Crippen LogP contribution in [0.25, 0.3) is 0 Å². The molecule has 1 N–H and O–H groups in total. The Hall–Kier alpha value is -2.27. The SMILES string of the molecule is O=C[C@H]1[C@H](OCc2ccccc2)CC(=O)[C@@H]1CC=CCCCC(=O)O. The molecule has 1 saturated carbocycles. The van der Waals surface area contributed by atoms with Gasteiger partial charge in [-0.1, -0.05) is 42.5 Å². The summed E-state index contributed by atoms with van der Waals surface area (Å²) in [7, 11) is 0. The number of rotatable bonds is 10. The molecule has 1 aromatic rings. The smallest absolute Gasteiger partial charge is 0.303 e. The molecule has 0 aliphatic heterocycles. The van der Waals surface area contributed by atoms with Crippen LogP contribution >= 0.6 is 0 Å². The molecule has 5 heteroatoms. The van der Waals surface area contributed by atoms with Gasteiger partial charge >= 0.3 is 5.97 Å². The van der Waals surface area contributed by atoms with Gasteiger partial charge in [-0.3, -0.25) is 9.59 Å². The molecular formula is C20H24O5. The number of aldehydes is 1. The standard InChI is InChI=1S/C20H24O5/c21-13-17-16(10-6-1-2-7-11-20(23)24)18(22)12-19(17)25-14-15-8-4-3-5-9-15/h1,3-6,8-9,13,16-17,19H,2,7,10-12,14H2,(H,23,24)/t16-,17-,19-/m1/s1. The van der Waals surface area contributed by atoms with Gasteiger partial charge < -0.3 is 14.6 Å². The molecule has 1 aromatic carbocycles. The summed E-state index contributed by atoms with van der Waals surface area (Å²) in [6, 6.07) is 9.67. The maximum Gasteiger partial charge on any atom is 0.303 e. The quantitative estimate of drug-likeness (QED) is 0.400. The minimum absolute atomic E-state index is 0.0605. The van der Waals surface area contributed by atoms with E-state index in [0.29, 0.717) is 25.9 Å². The lowest BCUT2D eigenvalue weighted by molar-refractivity contribution is -0.137. The Kier molecular flexibility index (Phi) is 7.54. The maximum absolute atomic E-state index is 12.2. The van der Waals surface area contributed by atoms with E-state index in [1.165, 1.54) is 0 Å². The van der Waals surface area contributed by atoms with Crippen LogP contribution in [-0.4, -0.2) is 29.2 Å². The van der Waals surface area contributed by atoms with Crippen LogP contribution in [0.15, 0.2) is 42.5 Å². The molecule has 0 spiro atoms. The average Bonchev–Trinajstić information content (AvgIpc) is 2.91. The van der Waals surface area contributed by atoms with Gasteiger partial charge in [0.25, 0.3) is 0 Å². The summed E-state index contributed by atoms with van der Waals surface area (Å²) >= 11 is 0. The van der Waals surface area contributed by atoms with Crippen LogP contribution in [0.3, 0.4) is 0 Å². The second-order valence-corrected chi connectivity index (χ2v) is 6.32. The van der Waals surface area contributed by atoms with E-state index in [2.05, 4.69) is 0 Å². The van der Waals surface area contributed by atoms with Gasteiger partial charge in [0, 0.05) is 18.8 Å². The summed E-state index contributed by atoms with van der Waals surface area (Å²) in [4.78, 5) is 34.1. The highest BCUT2D eigenvalue weighted by Crippen LogP contribution is 2.33. The molecule has 0 unspecified atom stereocenters.